The van der Waals surface area contributed by atoms with Gasteiger partial charge in [-0.15, -0.1) is 0 Å². The standard InChI is InChI=1S/C12H23N3O/c1-9(10-6-13-7-10)12(16)14-11-4-3-5-15(2)8-11/h9-11,13H,3-8H2,1-2H3,(H,14,16). The van der Waals surface area contributed by atoms with Crippen molar-refractivity contribution in [3.63, 3.8) is 0 Å². The minimum Gasteiger partial charge on any atom is -0.352 e. The van der Waals surface area contributed by atoms with Crippen molar-refractivity contribution < 1.29 is 4.79 Å². The second kappa shape index (κ2) is 5.15. The van der Waals surface area contributed by atoms with E-state index in [9.17, 15) is 4.79 Å². The molecular weight excluding hydrogens is 202 g/mol. The summed E-state index contributed by atoms with van der Waals surface area (Å²) in [5.41, 5.74) is 0. The molecule has 4 heteroatoms. The summed E-state index contributed by atoms with van der Waals surface area (Å²) in [5.74, 6) is 0.946. The number of likely N-dealkylation sites (N-methyl/N-ethyl adjacent to an activating group) is 1. The molecule has 0 radical (unpaired) electrons. The van der Waals surface area contributed by atoms with Gasteiger partial charge in [-0.05, 0) is 45.4 Å². The van der Waals surface area contributed by atoms with E-state index < -0.39 is 0 Å². The SMILES string of the molecule is CC(C(=O)NC1CCCN(C)C1)C1CNC1. The first-order valence-corrected chi connectivity index (χ1v) is 6.36. The zero-order valence-corrected chi connectivity index (χ0v) is 10.3. The zero-order valence-electron chi connectivity index (χ0n) is 10.3. The summed E-state index contributed by atoms with van der Waals surface area (Å²) >= 11 is 0. The first-order chi connectivity index (χ1) is 7.66. The third-order valence-electron chi connectivity index (χ3n) is 3.90. The molecule has 0 spiro atoms. The number of carbonyl (C=O) groups is 1. The Morgan fingerprint density at radius 2 is 2.25 bits per heavy atom. The lowest BCUT2D eigenvalue weighted by atomic mass is 9.88. The van der Waals surface area contributed by atoms with Crippen molar-refractivity contribution in [2.45, 2.75) is 25.8 Å². The summed E-state index contributed by atoms with van der Waals surface area (Å²) in [4.78, 5) is 14.3. The Bertz CT molecular complexity index is 253. The maximum atomic E-state index is 12.0. The Hall–Kier alpha value is -0.610. The van der Waals surface area contributed by atoms with E-state index in [4.69, 9.17) is 0 Å². The molecule has 2 atom stereocenters. The molecule has 2 rings (SSSR count). The van der Waals surface area contributed by atoms with E-state index >= 15 is 0 Å². The molecule has 0 aromatic heterocycles. The topological polar surface area (TPSA) is 44.4 Å². The molecule has 0 bridgehead atoms. The zero-order chi connectivity index (χ0) is 11.5. The second-order valence-electron chi connectivity index (χ2n) is 5.32. The molecule has 2 aliphatic rings. The Morgan fingerprint density at radius 3 is 2.81 bits per heavy atom. The highest BCUT2D eigenvalue weighted by atomic mass is 16.2. The minimum atomic E-state index is 0.161. The summed E-state index contributed by atoms with van der Waals surface area (Å²) in [6.07, 6.45) is 2.33. The first kappa shape index (κ1) is 11.9. The number of rotatable bonds is 3. The molecule has 2 saturated heterocycles. The van der Waals surface area contributed by atoms with Gasteiger partial charge in [-0.25, -0.2) is 0 Å². The molecule has 0 saturated carbocycles. The van der Waals surface area contributed by atoms with Crippen LogP contribution in [-0.2, 0) is 4.79 Å². The molecule has 2 unspecified atom stereocenters. The van der Waals surface area contributed by atoms with Crippen molar-refractivity contribution in [2.75, 3.05) is 33.2 Å². The lowest BCUT2D eigenvalue weighted by Gasteiger charge is -2.35. The number of likely N-dealkylation sites (tertiary alicyclic amines) is 1. The van der Waals surface area contributed by atoms with E-state index in [1.54, 1.807) is 0 Å². The fraction of sp³-hybridized carbons (Fsp3) is 0.917. The smallest absolute Gasteiger partial charge is 0.223 e. The first-order valence-electron chi connectivity index (χ1n) is 6.36. The Balaban J connectivity index is 1.77. The quantitative estimate of drug-likeness (QED) is 0.713. The molecular formula is C12H23N3O. The molecule has 2 N–H and O–H groups in total. The molecule has 0 aromatic carbocycles. The van der Waals surface area contributed by atoms with Crippen molar-refractivity contribution >= 4 is 5.91 Å². The molecule has 16 heavy (non-hydrogen) atoms. The van der Waals surface area contributed by atoms with Gasteiger partial charge >= 0.3 is 0 Å². The van der Waals surface area contributed by atoms with Crippen molar-refractivity contribution in [3.8, 4) is 0 Å². The van der Waals surface area contributed by atoms with Gasteiger partial charge in [0.05, 0.1) is 0 Å². The third kappa shape index (κ3) is 2.74. The van der Waals surface area contributed by atoms with Crippen LogP contribution in [0.3, 0.4) is 0 Å². The molecule has 0 aliphatic carbocycles. The molecule has 2 fully saturated rings. The van der Waals surface area contributed by atoms with Crippen LogP contribution in [0.1, 0.15) is 19.8 Å². The number of hydrogen-bond acceptors (Lipinski definition) is 3. The maximum absolute atomic E-state index is 12.0. The van der Waals surface area contributed by atoms with Gasteiger partial charge in [0.15, 0.2) is 0 Å². The Labute approximate surface area is 97.8 Å². The number of carbonyl (C=O) groups excluding carboxylic acids is 1. The number of nitrogens with one attached hydrogen (secondary N) is 2. The van der Waals surface area contributed by atoms with Crippen LogP contribution in [0.5, 0.6) is 0 Å². The fourth-order valence-corrected chi connectivity index (χ4v) is 2.50. The maximum Gasteiger partial charge on any atom is 0.223 e. The highest BCUT2D eigenvalue weighted by molar-refractivity contribution is 5.79. The van der Waals surface area contributed by atoms with Gasteiger partial charge in [0.1, 0.15) is 0 Å². The average Bonchev–Trinajstić information content (AvgIpc) is 2.14. The summed E-state index contributed by atoms with van der Waals surface area (Å²) < 4.78 is 0. The van der Waals surface area contributed by atoms with E-state index in [-0.39, 0.29) is 11.8 Å². The van der Waals surface area contributed by atoms with Gasteiger partial charge in [-0.3, -0.25) is 4.79 Å². The van der Waals surface area contributed by atoms with E-state index in [1.165, 1.54) is 6.42 Å². The summed E-state index contributed by atoms with van der Waals surface area (Å²) in [7, 11) is 2.12. The number of piperidine rings is 1. The van der Waals surface area contributed by atoms with E-state index in [2.05, 4.69) is 22.6 Å². The third-order valence-corrected chi connectivity index (χ3v) is 3.90. The lowest BCUT2D eigenvalue weighted by molar-refractivity contribution is -0.127. The molecule has 2 aliphatic heterocycles. The number of amides is 1. The van der Waals surface area contributed by atoms with E-state index in [1.807, 2.05) is 6.92 Å². The van der Waals surface area contributed by atoms with Crippen LogP contribution in [-0.4, -0.2) is 50.1 Å². The predicted octanol–water partition coefficient (Wildman–Crippen LogP) is 0.0523. The summed E-state index contributed by atoms with van der Waals surface area (Å²) in [5, 5.41) is 6.41. The van der Waals surface area contributed by atoms with Gasteiger partial charge in [0.25, 0.3) is 0 Å². The van der Waals surface area contributed by atoms with Gasteiger partial charge in [0.2, 0.25) is 5.91 Å². The Kier molecular flexibility index (Phi) is 3.82. The largest absolute Gasteiger partial charge is 0.352 e. The van der Waals surface area contributed by atoms with Crippen LogP contribution in [0.15, 0.2) is 0 Å². The fourth-order valence-electron chi connectivity index (χ4n) is 2.50. The van der Waals surface area contributed by atoms with Crippen LogP contribution < -0.4 is 10.6 Å². The minimum absolute atomic E-state index is 0.161. The van der Waals surface area contributed by atoms with Gasteiger partial charge in [0, 0.05) is 18.5 Å². The number of nitrogens with zero attached hydrogens (tertiary/aromatic N) is 1. The van der Waals surface area contributed by atoms with Gasteiger partial charge in [-0.1, -0.05) is 6.92 Å². The van der Waals surface area contributed by atoms with Crippen molar-refractivity contribution in [1.82, 2.24) is 15.5 Å². The van der Waals surface area contributed by atoms with Crippen LogP contribution in [0.25, 0.3) is 0 Å². The van der Waals surface area contributed by atoms with Crippen LogP contribution >= 0.6 is 0 Å². The molecule has 0 aromatic rings. The predicted molar refractivity (Wildman–Crippen MR) is 64.2 cm³/mol. The van der Waals surface area contributed by atoms with Gasteiger partial charge in [-0.2, -0.15) is 0 Å². The molecule has 4 nitrogen and oxygen atoms in total. The highest BCUT2D eigenvalue weighted by Crippen LogP contribution is 2.17. The lowest BCUT2D eigenvalue weighted by Crippen LogP contribution is -2.53. The van der Waals surface area contributed by atoms with E-state index in [0.29, 0.717) is 12.0 Å². The summed E-state index contributed by atoms with van der Waals surface area (Å²) in [6.45, 7) is 6.21. The second-order valence-corrected chi connectivity index (χ2v) is 5.32. The summed E-state index contributed by atoms with van der Waals surface area (Å²) in [6, 6.07) is 0.363. The molecule has 92 valence electrons. The van der Waals surface area contributed by atoms with Crippen molar-refractivity contribution in [2.24, 2.45) is 11.8 Å². The average molecular weight is 225 g/mol. The monoisotopic (exact) mass is 225 g/mol. The number of hydrogen-bond donors (Lipinski definition) is 2. The molecule has 1 amide bonds. The van der Waals surface area contributed by atoms with Crippen molar-refractivity contribution in [1.29, 1.82) is 0 Å². The Morgan fingerprint density at radius 1 is 1.50 bits per heavy atom. The van der Waals surface area contributed by atoms with E-state index in [0.717, 1.165) is 32.6 Å². The van der Waals surface area contributed by atoms with Crippen molar-refractivity contribution in [3.05, 3.63) is 0 Å². The highest BCUT2D eigenvalue weighted by Gasteiger charge is 2.30. The van der Waals surface area contributed by atoms with Crippen LogP contribution in [0.4, 0.5) is 0 Å². The molecule has 2 heterocycles. The van der Waals surface area contributed by atoms with Crippen LogP contribution in [0.2, 0.25) is 0 Å². The van der Waals surface area contributed by atoms with Gasteiger partial charge < -0.3 is 15.5 Å². The van der Waals surface area contributed by atoms with Crippen LogP contribution in [0, 0.1) is 11.8 Å². The normalized spacial score (nSPS) is 29.5.